The third-order valence-corrected chi connectivity index (χ3v) is 3.30. The maximum absolute atomic E-state index is 11.9. The van der Waals surface area contributed by atoms with Gasteiger partial charge in [0, 0.05) is 13.1 Å². The topological polar surface area (TPSA) is 60.9 Å². The highest BCUT2D eigenvalue weighted by Gasteiger charge is 2.24. The highest BCUT2D eigenvalue weighted by atomic mass is 16.4. The summed E-state index contributed by atoms with van der Waals surface area (Å²) in [6, 6.07) is -0.566. The summed E-state index contributed by atoms with van der Waals surface area (Å²) in [6.07, 6.45) is 3.82. The Morgan fingerprint density at radius 1 is 1.29 bits per heavy atom. The van der Waals surface area contributed by atoms with E-state index in [4.69, 9.17) is 5.11 Å². The molecule has 0 bridgehead atoms. The molecule has 0 radical (unpaired) electrons. The van der Waals surface area contributed by atoms with Gasteiger partial charge in [-0.2, -0.15) is 0 Å². The van der Waals surface area contributed by atoms with Crippen molar-refractivity contribution in [1.29, 1.82) is 0 Å². The van der Waals surface area contributed by atoms with Crippen LogP contribution in [0.15, 0.2) is 0 Å². The van der Waals surface area contributed by atoms with Crippen molar-refractivity contribution in [3.8, 4) is 0 Å². The van der Waals surface area contributed by atoms with Gasteiger partial charge in [0.25, 0.3) is 0 Å². The Bertz CT molecular complexity index is 275. The predicted octanol–water partition coefficient (Wildman–Crippen LogP) is 0.794. The molecule has 1 rings (SSSR count). The number of likely N-dealkylation sites (N-methyl/N-ethyl adjacent to an activating group) is 1. The molecule has 1 amide bonds. The smallest absolute Gasteiger partial charge is 0.320 e. The fourth-order valence-corrected chi connectivity index (χ4v) is 2.24. The number of nitrogens with zero attached hydrogens (tertiary/aromatic N) is 2. The van der Waals surface area contributed by atoms with Crippen molar-refractivity contribution in [2.75, 3.05) is 26.7 Å². The lowest BCUT2D eigenvalue weighted by Gasteiger charge is -2.30. The molecule has 0 saturated carbocycles. The maximum Gasteiger partial charge on any atom is 0.320 e. The lowest BCUT2D eigenvalue weighted by atomic mass is 10.1. The van der Waals surface area contributed by atoms with Crippen LogP contribution in [0, 0.1) is 0 Å². The second-order valence-electron chi connectivity index (χ2n) is 4.62. The molecule has 5 heteroatoms. The summed E-state index contributed by atoms with van der Waals surface area (Å²) in [5.41, 5.74) is 0. The van der Waals surface area contributed by atoms with Crippen LogP contribution in [0.4, 0.5) is 0 Å². The van der Waals surface area contributed by atoms with Crippen LogP contribution in [-0.4, -0.2) is 59.5 Å². The van der Waals surface area contributed by atoms with Crippen LogP contribution in [0.1, 0.15) is 32.6 Å². The second-order valence-corrected chi connectivity index (χ2v) is 4.62. The second kappa shape index (κ2) is 6.59. The van der Waals surface area contributed by atoms with Gasteiger partial charge in [-0.1, -0.05) is 6.92 Å². The molecule has 5 nitrogen and oxygen atoms in total. The minimum absolute atomic E-state index is 0.0481. The number of carbonyl (C=O) groups is 2. The molecule has 1 atom stereocenters. The van der Waals surface area contributed by atoms with E-state index in [1.807, 2.05) is 11.8 Å². The van der Waals surface area contributed by atoms with E-state index in [2.05, 4.69) is 0 Å². The van der Waals surface area contributed by atoms with Crippen LogP contribution in [0.5, 0.6) is 0 Å². The molecule has 1 aliphatic rings. The lowest BCUT2D eigenvalue weighted by molar-refractivity contribution is -0.144. The number of piperidine rings is 1. The minimum atomic E-state index is -0.860. The van der Waals surface area contributed by atoms with E-state index < -0.39 is 12.0 Å². The third-order valence-electron chi connectivity index (χ3n) is 3.30. The number of likely N-dealkylation sites (tertiary alicyclic amines) is 1. The van der Waals surface area contributed by atoms with Crippen LogP contribution in [0.2, 0.25) is 0 Å². The Labute approximate surface area is 102 Å². The number of rotatable bonds is 5. The van der Waals surface area contributed by atoms with Gasteiger partial charge in [0.15, 0.2) is 0 Å². The molecule has 1 unspecified atom stereocenters. The van der Waals surface area contributed by atoms with Crippen LogP contribution >= 0.6 is 0 Å². The highest BCUT2D eigenvalue weighted by molar-refractivity contribution is 5.80. The van der Waals surface area contributed by atoms with Crippen molar-refractivity contribution < 1.29 is 14.7 Å². The maximum atomic E-state index is 11.9. The molecule has 1 saturated heterocycles. The fourth-order valence-electron chi connectivity index (χ4n) is 2.24. The fraction of sp³-hybridized carbons (Fsp3) is 0.833. The number of carbonyl (C=O) groups excluding carboxylic acids is 1. The first-order chi connectivity index (χ1) is 8.06. The number of carboxylic acids is 1. The molecule has 1 aliphatic heterocycles. The quantitative estimate of drug-likeness (QED) is 0.774. The molecule has 0 aromatic carbocycles. The largest absolute Gasteiger partial charge is 0.480 e. The Kier molecular flexibility index (Phi) is 5.41. The summed E-state index contributed by atoms with van der Waals surface area (Å²) in [6.45, 7) is 3.65. The van der Waals surface area contributed by atoms with Gasteiger partial charge in [-0.05, 0) is 32.7 Å². The van der Waals surface area contributed by atoms with E-state index >= 15 is 0 Å². The van der Waals surface area contributed by atoms with E-state index in [9.17, 15) is 9.59 Å². The van der Waals surface area contributed by atoms with Gasteiger partial charge >= 0.3 is 5.97 Å². The van der Waals surface area contributed by atoms with Gasteiger partial charge in [-0.25, -0.2) is 0 Å². The van der Waals surface area contributed by atoms with Crippen LogP contribution < -0.4 is 0 Å². The molecule has 0 aromatic rings. The molecule has 98 valence electrons. The van der Waals surface area contributed by atoms with Crippen molar-refractivity contribution in [1.82, 2.24) is 9.80 Å². The normalized spacial score (nSPS) is 18.2. The van der Waals surface area contributed by atoms with Crippen molar-refractivity contribution in [3.63, 3.8) is 0 Å². The molecular formula is C12H22N2O3. The van der Waals surface area contributed by atoms with Gasteiger partial charge in [0.05, 0.1) is 6.54 Å². The van der Waals surface area contributed by atoms with E-state index in [1.165, 1.54) is 6.42 Å². The first kappa shape index (κ1) is 14.0. The summed E-state index contributed by atoms with van der Waals surface area (Å²) in [5, 5.41) is 9.00. The summed E-state index contributed by atoms with van der Waals surface area (Å²) in [4.78, 5) is 26.4. The SMILES string of the molecule is CCC(C(=O)O)N(C)CC(=O)N1CCCCC1. The molecule has 17 heavy (non-hydrogen) atoms. The highest BCUT2D eigenvalue weighted by Crippen LogP contribution is 2.10. The Morgan fingerprint density at radius 3 is 2.35 bits per heavy atom. The average Bonchev–Trinajstić information content (AvgIpc) is 2.30. The Balaban J connectivity index is 2.46. The molecule has 0 spiro atoms. The van der Waals surface area contributed by atoms with E-state index in [0.29, 0.717) is 6.42 Å². The molecular weight excluding hydrogens is 220 g/mol. The van der Waals surface area contributed by atoms with Crippen LogP contribution in [0.25, 0.3) is 0 Å². The van der Waals surface area contributed by atoms with Gasteiger partial charge in [0.1, 0.15) is 6.04 Å². The molecule has 0 aromatic heterocycles. The molecule has 0 aliphatic carbocycles. The minimum Gasteiger partial charge on any atom is -0.480 e. The number of aliphatic carboxylic acids is 1. The van der Waals surface area contributed by atoms with Gasteiger partial charge in [-0.15, -0.1) is 0 Å². The van der Waals surface area contributed by atoms with E-state index in [1.54, 1.807) is 11.9 Å². The lowest BCUT2D eigenvalue weighted by Crippen LogP contribution is -2.46. The third kappa shape index (κ3) is 4.00. The monoisotopic (exact) mass is 242 g/mol. The number of hydrogen-bond donors (Lipinski definition) is 1. The Hall–Kier alpha value is -1.10. The predicted molar refractivity (Wildman–Crippen MR) is 64.8 cm³/mol. The number of carboxylic acid groups (broad SMARTS) is 1. The summed E-state index contributed by atoms with van der Waals surface area (Å²) < 4.78 is 0. The summed E-state index contributed by atoms with van der Waals surface area (Å²) in [5.74, 6) is -0.812. The summed E-state index contributed by atoms with van der Waals surface area (Å²) >= 11 is 0. The first-order valence-electron chi connectivity index (χ1n) is 6.27. The van der Waals surface area contributed by atoms with Crippen LogP contribution in [-0.2, 0) is 9.59 Å². The summed E-state index contributed by atoms with van der Waals surface area (Å²) in [7, 11) is 1.70. The van der Waals surface area contributed by atoms with Gasteiger partial charge in [-0.3, -0.25) is 14.5 Å². The average molecular weight is 242 g/mol. The van der Waals surface area contributed by atoms with Crippen LogP contribution in [0.3, 0.4) is 0 Å². The van der Waals surface area contributed by atoms with E-state index in [-0.39, 0.29) is 12.5 Å². The zero-order valence-electron chi connectivity index (χ0n) is 10.7. The van der Waals surface area contributed by atoms with Gasteiger partial charge < -0.3 is 10.0 Å². The zero-order chi connectivity index (χ0) is 12.8. The van der Waals surface area contributed by atoms with Crippen molar-refractivity contribution in [2.45, 2.75) is 38.6 Å². The van der Waals surface area contributed by atoms with Gasteiger partial charge in [0.2, 0.25) is 5.91 Å². The Morgan fingerprint density at radius 2 is 1.88 bits per heavy atom. The number of amides is 1. The van der Waals surface area contributed by atoms with Crippen molar-refractivity contribution >= 4 is 11.9 Å². The molecule has 1 fully saturated rings. The molecule has 1 N–H and O–H groups in total. The first-order valence-corrected chi connectivity index (χ1v) is 6.27. The number of hydrogen-bond acceptors (Lipinski definition) is 3. The zero-order valence-corrected chi connectivity index (χ0v) is 10.7. The standard InChI is InChI=1S/C12H22N2O3/c1-3-10(12(16)17)13(2)9-11(15)14-7-5-4-6-8-14/h10H,3-9H2,1-2H3,(H,16,17). The van der Waals surface area contributed by atoms with Crippen molar-refractivity contribution in [3.05, 3.63) is 0 Å². The van der Waals surface area contributed by atoms with Crippen molar-refractivity contribution in [2.24, 2.45) is 0 Å². The van der Waals surface area contributed by atoms with E-state index in [0.717, 1.165) is 25.9 Å². The molecule has 1 heterocycles.